The normalized spacial score (nSPS) is 19.5. The van der Waals surface area contributed by atoms with Gasteiger partial charge in [-0.2, -0.15) is 13.2 Å². The molecule has 0 spiro atoms. The zero-order valence-electron chi connectivity index (χ0n) is 9.81. The summed E-state index contributed by atoms with van der Waals surface area (Å²) in [5.74, 6) is 0. The van der Waals surface area contributed by atoms with E-state index in [0.717, 1.165) is 12.3 Å². The van der Waals surface area contributed by atoms with Crippen molar-refractivity contribution < 1.29 is 23.1 Å². The molecule has 2 N–H and O–H groups in total. The molecule has 104 valence electrons. The van der Waals surface area contributed by atoms with Crippen LogP contribution in [-0.4, -0.2) is 35.3 Å². The van der Waals surface area contributed by atoms with Crippen molar-refractivity contribution in [2.45, 2.75) is 18.6 Å². The van der Waals surface area contributed by atoms with Crippen LogP contribution in [0.5, 0.6) is 0 Å². The zero-order chi connectivity index (χ0) is 14.0. The molecule has 0 saturated carbocycles. The maximum Gasteiger partial charge on any atom is 0.433 e. The molecule has 19 heavy (non-hydrogen) atoms. The molecule has 1 amide bonds. The first-order chi connectivity index (χ1) is 8.86. The minimum atomic E-state index is -4.48. The summed E-state index contributed by atoms with van der Waals surface area (Å²) in [5, 5.41) is 10.9. The van der Waals surface area contributed by atoms with Crippen LogP contribution in [0.4, 0.5) is 23.7 Å². The van der Waals surface area contributed by atoms with Gasteiger partial charge in [0.1, 0.15) is 5.69 Å². The molecule has 2 heterocycles. The quantitative estimate of drug-likeness (QED) is 0.865. The number of rotatable bonds is 2. The van der Waals surface area contributed by atoms with Crippen LogP contribution in [0.2, 0.25) is 0 Å². The predicted octanol–water partition coefficient (Wildman–Crippen LogP) is 1.95. The van der Waals surface area contributed by atoms with Crippen molar-refractivity contribution in [2.75, 3.05) is 18.0 Å². The molecule has 0 aromatic carbocycles. The molecule has 8 heteroatoms. The Bertz CT molecular complexity index is 478. The number of hydrogen-bond donors (Lipinski definition) is 2. The lowest BCUT2D eigenvalue weighted by atomic mass is 10.3. The lowest BCUT2D eigenvalue weighted by Crippen LogP contribution is -2.36. The highest BCUT2D eigenvalue weighted by molar-refractivity contribution is 5.65. The van der Waals surface area contributed by atoms with Crippen molar-refractivity contribution in [3.05, 3.63) is 24.0 Å². The van der Waals surface area contributed by atoms with Crippen LogP contribution >= 0.6 is 0 Å². The van der Waals surface area contributed by atoms with Gasteiger partial charge in [-0.05, 0) is 18.6 Å². The van der Waals surface area contributed by atoms with Crippen LogP contribution in [0, 0.1) is 0 Å². The molecule has 0 bridgehead atoms. The number of carbonyl (C=O) groups is 1. The van der Waals surface area contributed by atoms with E-state index in [-0.39, 0.29) is 6.04 Å². The monoisotopic (exact) mass is 275 g/mol. The minimum absolute atomic E-state index is 0.264. The standard InChI is InChI=1S/C11H12F3N3O2/c12-11(13,14)9-5-8(1-3-15-9)17-4-2-7(6-17)16-10(18)19/h1,3,5,7,16H,2,4,6H2,(H,18,19). The highest BCUT2D eigenvalue weighted by Gasteiger charge is 2.33. The zero-order valence-corrected chi connectivity index (χ0v) is 9.81. The van der Waals surface area contributed by atoms with E-state index in [0.29, 0.717) is 25.2 Å². The Hall–Kier alpha value is -1.99. The topological polar surface area (TPSA) is 65.5 Å². The third-order valence-electron chi connectivity index (χ3n) is 2.91. The molecule has 1 aliphatic heterocycles. The third-order valence-corrected chi connectivity index (χ3v) is 2.91. The molecular formula is C11H12F3N3O2. The highest BCUT2D eigenvalue weighted by Crippen LogP contribution is 2.30. The number of alkyl halides is 3. The number of nitrogens with zero attached hydrogens (tertiary/aromatic N) is 2. The Morgan fingerprint density at radius 1 is 1.53 bits per heavy atom. The Morgan fingerprint density at radius 3 is 2.89 bits per heavy atom. The molecule has 1 aromatic heterocycles. The summed E-state index contributed by atoms with van der Waals surface area (Å²) in [5.41, 5.74) is -0.545. The molecule has 2 rings (SSSR count). The van der Waals surface area contributed by atoms with Gasteiger partial charge in [-0.3, -0.25) is 4.98 Å². The minimum Gasteiger partial charge on any atom is -0.465 e. The first kappa shape index (κ1) is 13.4. The van der Waals surface area contributed by atoms with Gasteiger partial charge in [-0.25, -0.2) is 4.79 Å². The number of carboxylic acid groups (broad SMARTS) is 1. The van der Waals surface area contributed by atoms with Gasteiger partial charge in [0, 0.05) is 25.0 Å². The second-order valence-electron chi connectivity index (χ2n) is 4.28. The number of anilines is 1. The average Bonchev–Trinajstić information content (AvgIpc) is 2.76. The largest absolute Gasteiger partial charge is 0.465 e. The molecule has 1 aliphatic rings. The van der Waals surface area contributed by atoms with Crippen LogP contribution in [0.1, 0.15) is 12.1 Å². The number of aromatic nitrogens is 1. The lowest BCUT2D eigenvalue weighted by Gasteiger charge is -2.19. The second kappa shape index (κ2) is 4.94. The van der Waals surface area contributed by atoms with Crippen molar-refractivity contribution in [1.29, 1.82) is 0 Å². The maximum atomic E-state index is 12.5. The SMILES string of the molecule is O=C(O)NC1CCN(c2ccnc(C(F)(F)F)c2)C1. The van der Waals surface area contributed by atoms with Gasteiger partial charge in [0.25, 0.3) is 0 Å². The van der Waals surface area contributed by atoms with E-state index in [4.69, 9.17) is 5.11 Å². The van der Waals surface area contributed by atoms with Crippen LogP contribution in [0.15, 0.2) is 18.3 Å². The summed E-state index contributed by atoms with van der Waals surface area (Å²) in [6, 6.07) is 2.20. The molecule has 1 unspecified atom stereocenters. The van der Waals surface area contributed by atoms with Crippen molar-refractivity contribution >= 4 is 11.8 Å². The Kier molecular flexibility index (Phi) is 3.50. The fourth-order valence-corrected chi connectivity index (χ4v) is 2.06. The number of amides is 1. The summed E-state index contributed by atoms with van der Waals surface area (Å²) in [4.78, 5) is 15.5. The molecule has 0 aliphatic carbocycles. The van der Waals surface area contributed by atoms with E-state index in [1.165, 1.54) is 6.07 Å². The van der Waals surface area contributed by atoms with Gasteiger partial charge in [0.2, 0.25) is 0 Å². The van der Waals surface area contributed by atoms with Crippen LogP contribution in [-0.2, 0) is 6.18 Å². The summed E-state index contributed by atoms with van der Waals surface area (Å²) in [6.07, 6.45) is -3.93. The van der Waals surface area contributed by atoms with Gasteiger partial charge >= 0.3 is 12.3 Å². The fourth-order valence-electron chi connectivity index (χ4n) is 2.06. The van der Waals surface area contributed by atoms with E-state index >= 15 is 0 Å². The maximum absolute atomic E-state index is 12.5. The van der Waals surface area contributed by atoms with E-state index in [9.17, 15) is 18.0 Å². The van der Waals surface area contributed by atoms with E-state index in [1.54, 1.807) is 4.90 Å². The number of nitrogens with one attached hydrogen (secondary N) is 1. The number of halogens is 3. The summed E-state index contributed by atoms with van der Waals surface area (Å²) >= 11 is 0. The van der Waals surface area contributed by atoms with Crippen molar-refractivity contribution in [1.82, 2.24) is 10.3 Å². The smallest absolute Gasteiger partial charge is 0.433 e. The summed E-state index contributed by atoms with van der Waals surface area (Å²) < 4.78 is 37.6. The van der Waals surface area contributed by atoms with Crippen LogP contribution in [0.25, 0.3) is 0 Å². The van der Waals surface area contributed by atoms with Gasteiger partial charge in [0.15, 0.2) is 0 Å². The molecule has 0 radical (unpaired) electrons. The van der Waals surface area contributed by atoms with E-state index in [1.807, 2.05) is 0 Å². The summed E-state index contributed by atoms with van der Waals surface area (Å²) in [7, 11) is 0. The molecule has 5 nitrogen and oxygen atoms in total. The third kappa shape index (κ3) is 3.27. The van der Waals surface area contributed by atoms with Crippen LogP contribution < -0.4 is 10.2 Å². The summed E-state index contributed by atoms with van der Waals surface area (Å²) in [6.45, 7) is 0.861. The Morgan fingerprint density at radius 2 is 2.26 bits per heavy atom. The number of pyridine rings is 1. The molecule has 1 aromatic rings. The Labute approximate surface area is 107 Å². The highest BCUT2D eigenvalue weighted by atomic mass is 19.4. The van der Waals surface area contributed by atoms with E-state index in [2.05, 4.69) is 10.3 Å². The lowest BCUT2D eigenvalue weighted by molar-refractivity contribution is -0.141. The molecule has 1 saturated heterocycles. The molecule has 1 fully saturated rings. The molecular weight excluding hydrogens is 263 g/mol. The van der Waals surface area contributed by atoms with Crippen molar-refractivity contribution in [3.63, 3.8) is 0 Å². The van der Waals surface area contributed by atoms with Gasteiger partial charge in [-0.1, -0.05) is 0 Å². The average molecular weight is 275 g/mol. The van der Waals surface area contributed by atoms with Gasteiger partial charge < -0.3 is 15.3 Å². The van der Waals surface area contributed by atoms with Gasteiger partial charge in [-0.15, -0.1) is 0 Å². The molecule has 1 atom stereocenters. The van der Waals surface area contributed by atoms with E-state index < -0.39 is 18.0 Å². The Balaban J connectivity index is 2.09. The van der Waals surface area contributed by atoms with Crippen LogP contribution in [0.3, 0.4) is 0 Å². The van der Waals surface area contributed by atoms with Crippen molar-refractivity contribution in [3.8, 4) is 0 Å². The second-order valence-corrected chi connectivity index (χ2v) is 4.28. The first-order valence-corrected chi connectivity index (χ1v) is 5.64. The predicted molar refractivity (Wildman–Crippen MR) is 61.0 cm³/mol. The van der Waals surface area contributed by atoms with Gasteiger partial charge in [0.05, 0.1) is 6.04 Å². The fraction of sp³-hybridized carbons (Fsp3) is 0.455. The first-order valence-electron chi connectivity index (χ1n) is 5.64. The number of hydrogen-bond acceptors (Lipinski definition) is 3. The van der Waals surface area contributed by atoms with Crippen molar-refractivity contribution in [2.24, 2.45) is 0 Å².